The van der Waals surface area contributed by atoms with Crippen LogP contribution in [0.2, 0.25) is 0 Å². The number of halogens is 3. The first kappa shape index (κ1) is 22.7. The zero-order valence-electron chi connectivity index (χ0n) is 17.4. The highest BCUT2D eigenvalue weighted by atomic mass is 19.3. The maximum Gasteiger partial charge on any atom is 0.387 e. The number of morpholine rings is 1. The Morgan fingerprint density at radius 3 is 2.61 bits per heavy atom. The Morgan fingerprint density at radius 1 is 1.23 bits per heavy atom. The molecule has 2 unspecified atom stereocenters. The molecular weight excluding hydrogens is 409 g/mol. The third kappa shape index (κ3) is 6.49. The highest BCUT2D eigenvalue weighted by Gasteiger charge is 2.24. The molecule has 31 heavy (non-hydrogen) atoms. The van der Waals surface area contributed by atoms with Crippen molar-refractivity contribution in [3.63, 3.8) is 0 Å². The molecular formula is C23H25F3N2O3. The number of para-hydroxylation sites is 1. The zero-order chi connectivity index (χ0) is 22.4. The number of anilines is 1. The minimum atomic E-state index is -2.95. The van der Waals surface area contributed by atoms with Crippen LogP contribution in [0.4, 0.5) is 18.9 Å². The van der Waals surface area contributed by atoms with Gasteiger partial charge in [-0.25, -0.2) is 4.39 Å². The summed E-state index contributed by atoms with van der Waals surface area (Å²) in [5, 5.41) is 2.65. The van der Waals surface area contributed by atoms with Gasteiger partial charge in [0, 0.05) is 31.3 Å². The lowest BCUT2D eigenvalue weighted by Gasteiger charge is -2.37. The lowest BCUT2D eigenvalue weighted by Crippen LogP contribution is -2.45. The first-order valence-corrected chi connectivity index (χ1v) is 10.0. The molecule has 1 N–H and O–H groups in total. The van der Waals surface area contributed by atoms with Crippen molar-refractivity contribution in [1.82, 2.24) is 5.32 Å². The minimum Gasteiger partial charge on any atom is -0.434 e. The number of amides is 1. The summed E-state index contributed by atoms with van der Waals surface area (Å²) in [6.07, 6.45) is 2.64. The van der Waals surface area contributed by atoms with Gasteiger partial charge in [-0.3, -0.25) is 4.79 Å². The molecule has 3 rings (SSSR count). The standard InChI is InChI=1S/C23H25F3N2O3/c1-15-13-28(14-16(2)30-15)20-9-7-17(11-19(20)24)12-27-22(29)10-8-18-5-3-4-6-21(18)31-23(25)26/h3-11,15-16,23H,12-14H2,1-2H3,(H,27,29). The average molecular weight is 434 g/mol. The molecule has 0 aromatic heterocycles. The van der Waals surface area contributed by atoms with E-state index in [2.05, 4.69) is 10.1 Å². The van der Waals surface area contributed by atoms with E-state index in [1.165, 1.54) is 24.3 Å². The Labute approximate surface area is 179 Å². The minimum absolute atomic E-state index is 0.0186. The monoisotopic (exact) mass is 434 g/mol. The molecule has 0 aliphatic carbocycles. The number of ether oxygens (including phenoxy) is 2. The molecule has 0 radical (unpaired) electrons. The number of carbonyl (C=O) groups is 1. The van der Waals surface area contributed by atoms with E-state index in [0.717, 1.165) is 0 Å². The number of hydrogen-bond acceptors (Lipinski definition) is 4. The number of hydrogen-bond donors (Lipinski definition) is 1. The Balaban J connectivity index is 1.58. The van der Waals surface area contributed by atoms with Crippen molar-refractivity contribution in [2.75, 3.05) is 18.0 Å². The molecule has 166 valence electrons. The van der Waals surface area contributed by atoms with Crippen LogP contribution in [0, 0.1) is 5.82 Å². The van der Waals surface area contributed by atoms with Crippen molar-refractivity contribution in [1.29, 1.82) is 0 Å². The molecule has 0 saturated carbocycles. The van der Waals surface area contributed by atoms with Crippen molar-refractivity contribution >= 4 is 17.7 Å². The summed E-state index contributed by atoms with van der Waals surface area (Å²) in [6, 6.07) is 11.0. The molecule has 2 aromatic rings. The largest absolute Gasteiger partial charge is 0.434 e. The van der Waals surface area contributed by atoms with Crippen molar-refractivity contribution < 1.29 is 27.4 Å². The SMILES string of the molecule is CC1CN(c2ccc(CNC(=O)C=Cc3ccccc3OC(F)F)cc2F)CC(C)O1. The van der Waals surface area contributed by atoms with E-state index < -0.39 is 12.5 Å². The summed E-state index contributed by atoms with van der Waals surface area (Å²) in [4.78, 5) is 14.0. The van der Waals surface area contributed by atoms with Crippen molar-refractivity contribution in [3.8, 4) is 5.75 Å². The van der Waals surface area contributed by atoms with E-state index in [1.807, 2.05) is 18.7 Å². The number of alkyl halides is 2. The van der Waals surface area contributed by atoms with Crippen LogP contribution in [0.15, 0.2) is 48.5 Å². The van der Waals surface area contributed by atoms with E-state index in [-0.39, 0.29) is 30.3 Å². The Hall–Kier alpha value is -3.00. The highest BCUT2D eigenvalue weighted by molar-refractivity contribution is 5.92. The van der Waals surface area contributed by atoms with Gasteiger partial charge in [-0.2, -0.15) is 8.78 Å². The molecule has 5 nitrogen and oxygen atoms in total. The summed E-state index contributed by atoms with van der Waals surface area (Å²) < 4.78 is 49.7. The molecule has 0 bridgehead atoms. The van der Waals surface area contributed by atoms with Gasteiger partial charge in [0.25, 0.3) is 0 Å². The predicted octanol–water partition coefficient (Wildman–Crippen LogP) is 4.37. The third-order valence-corrected chi connectivity index (χ3v) is 4.79. The summed E-state index contributed by atoms with van der Waals surface area (Å²) in [6.45, 7) is 2.31. The molecule has 1 amide bonds. The molecule has 0 spiro atoms. The molecule has 1 saturated heterocycles. The molecule has 2 aromatic carbocycles. The second-order valence-corrected chi connectivity index (χ2v) is 7.42. The zero-order valence-corrected chi connectivity index (χ0v) is 17.4. The quantitative estimate of drug-likeness (QED) is 0.658. The van der Waals surface area contributed by atoms with Gasteiger partial charge >= 0.3 is 6.61 Å². The van der Waals surface area contributed by atoms with Gasteiger partial charge in [-0.1, -0.05) is 24.3 Å². The van der Waals surface area contributed by atoms with Gasteiger partial charge in [0.1, 0.15) is 11.6 Å². The molecule has 1 aliphatic rings. The van der Waals surface area contributed by atoms with Crippen LogP contribution < -0.4 is 15.0 Å². The van der Waals surface area contributed by atoms with Crippen LogP contribution in [0.3, 0.4) is 0 Å². The van der Waals surface area contributed by atoms with Crippen LogP contribution in [-0.4, -0.2) is 37.8 Å². The van der Waals surface area contributed by atoms with Crippen LogP contribution in [-0.2, 0) is 16.1 Å². The number of carbonyl (C=O) groups excluding carboxylic acids is 1. The van der Waals surface area contributed by atoms with Gasteiger partial charge in [-0.05, 0) is 43.7 Å². The molecule has 2 atom stereocenters. The van der Waals surface area contributed by atoms with E-state index in [0.29, 0.717) is 29.9 Å². The van der Waals surface area contributed by atoms with Crippen LogP contribution in [0.25, 0.3) is 6.08 Å². The van der Waals surface area contributed by atoms with Crippen molar-refractivity contribution in [2.24, 2.45) is 0 Å². The summed E-state index contributed by atoms with van der Waals surface area (Å²) in [5.41, 5.74) is 1.47. The summed E-state index contributed by atoms with van der Waals surface area (Å²) in [5.74, 6) is -0.820. The number of nitrogens with one attached hydrogen (secondary N) is 1. The fourth-order valence-electron chi connectivity index (χ4n) is 3.53. The third-order valence-electron chi connectivity index (χ3n) is 4.79. The Morgan fingerprint density at radius 2 is 1.94 bits per heavy atom. The van der Waals surface area contributed by atoms with Gasteiger partial charge in [-0.15, -0.1) is 0 Å². The van der Waals surface area contributed by atoms with Crippen molar-refractivity contribution in [3.05, 3.63) is 65.5 Å². The van der Waals surface area contributed by atoms with Gasteiger partial charge in [0.05, 0.1) is 17.9 Å². The fraction of sp³-hybridized carbons (Fsp3) is 0.348. The number of nitrogens with zero attached hydrogens (tertiary/aromatic N) is 1. The van der Waals surface area contributed by atoms with E-state index in [4.69, 9.17) is 4.74 Å². The Kier molecular flexibility index (Phi) is 7.57. The van der Waals surface area contributed by atoms with Crippen molar-refractivity contribution in [2.45, 2.75) is 39.2 Å². The van der Waals surface area contributed by atoms with Gasteiger partial charge < -0.3 is 19.7 Å². The van der Waals surface area contributed by atoms with E-state index >= 15 is 0 Å². The summed E-state index contributed by atoms with van der Waals surface area (Å²) >= 11 is 0. The predicted molar refractivity (Wildman–Crippen MR) is 113 cm³/mol. The topological polar surface area (TPSA) is 50.8 Å². The van der Waals surface area contributed by atoms with Gasteiger partial charge in [0.15, 0.2) is 0 Å². The molecule has 8 heteroatoms. The smallest absolute Gasteiger partial charge is 0.387 e. The first-order valence-electron chi connectivity index (χ1n) is 10.0. The second-order valence-electron chi connectivity index (χ2n) is 7.42. The van der Waals surface area contributed by atoms with Crippen LogP contribution >= 0.6 is 0 Å². The molecule has 1 aliphatic heterocycles. The summed E-state index contributed by atoms with van der Waals surface area (Å²) in [7, 11) is 0. The maximum atomic E-state index is 14.6. The highest BCUT2D eigenvalue weighted by Crippen LogP contribution is 2.25. The maximum absolute atomic E-state index is 14.6. The van der Waals surface area contributed by atoms with E-state index in [1.54, 1.807) is 30.3 Å². The Bertz CT molecular complexity index is 926. The fourth-order valence-corrected chi connectivity index (χ4v) is 3.53. The van der Waals surface area contributed by atoms with Crippen LogP contribution in [0.1, 0.15) is 25.0 Å². The van der Waals surface area contributed by atoms with E-state index in [9.17, 15) is 18.0 Å². The normalized spacial score (nSPS) is 19.1. The second kappa shape index (κ2) is 10.3. The lowest BCUT2D eigenvalue weighted by atomic mass is 10.1. The number of benzene rings is 2. The number of rotatable bonds is 7. The molecule has 1 heterocycles. The lowest BCUT2D eigenvalue weighted by molar-refractivity contribution is -0.116. The van der Waals surface area contributed by atoms with Gasteiger partial charge in [0.2, 0.25) is 5.91 Å². The van der Waals surface area contributed by atoms with Crippen LogP contribution in [0.5, 0.6) is 5.75 Å². The molecule has 1 fully saturated rings. The first-order chi connectivity index (χ1) is 14.8. The average Bonchev–Trinajstić information content (AvgIpc) is 2.70.